The number of carbonyl (C=O) groups excluding carboxylic acids is 1. The first-order chi connectivity index (χ1) is 9.15. The number of hydrogen-bond acceptors (Lipinski definition) is 2. The van der Waals surface area contributed by atoms with Crippen molar-refractivity contribution in [1.29, 1.82) is 5.26 Å². The van der Waals surface area contributed by atoms with Gasteiger partial charge in [-0.2, -0.15) is 5.26 Å². The molecule has 0 aliphatic heterocycles. The number of nitrogens with one attached hydrogen (secondary N) is 2. The number of anilines is 1. The van der Waals surface area contributed by atoms with Crippen LogP contribution in [-0.2, 0) is 0 Å². The van der Waals surface area contributed by atoms with Crippen molar-refractivity contribution in [3.8, 4) is 6.07 Å². The van der Waals surface area contributed by atoms with Gasteiger partial charge in [0.25, 0.3) is 0 Å². The highest BCUT2D eigenvalue weighted by Crippen LogP contribution is 2.27. The molecule has 2 amide bonds. The third-order valence-corrected chi connectivity index (χ3v) is 3.40. The molecular formula is C14H16FN3O. The lowest BCUT2D eigenvalue weighted by Crippen LogP contribution is -2.50. The normalized spacial score (nSPS) is 17.3. The largest absolute Gasteiger partial charge is 0.320 e. The van der Waals surface area contributed by atoms with E-state index in [0.717, 1.165) is 19.3 Å². The van der Waals surface area contributed by atoms with Crippen LogP contribution in [0.1, 0.15) is 32.1 Å². The molecule has 0 radical (unpaired) electrons. The van der Waals surface area contributed by atoms with Gasteiger partial charge in [0, 0.05) is 0 Å². The van der Waals surface area contributed by atoms with Crippen molar-refractivity contribution < 1.29 is 9.18 Å². The Balaban J connectivity index is 2.01. The number of urea groups is 1. The van der Waals surface area contributed by atoms with Crippen LogP contribution in [-0.4, -0.2) is 11.6 Å². The zero-order chi connectivity index (χ0) is 13.7. The van der Waals surface area contributed by atoms with Crippen LogP contribution in [0.4, 0.5) is 14.9 Å². The predicted molar refractivity (Wildman–Crippen MR) is 70.0 cm³/mol. The molecule has 1 saturated carbocycles. The quantitative estimate of drug-likeness (QED) is 0.858. The minimum Gasteiger partial charge on any atom is -0.319 e. The number of nitrogens with zero attached hydrogens (tertiary/aromatic N) is 1. The second-order valence-corrected chi connectivity index (χ2v) is 4.81. The molecule has 100 valence electrons. The van der Waals surface area contributed by atoms with Crippen LogP contribution in [0.25, 0.3) is 0 Å². The fourth-order valence-electron chi connectivity index (χ4n) is 2.35. The highest BCUT2D eigenvalue weighted by molar-refractivity contribution is 5.90. The summed E-state index contributed by atoms with van der Waals surface area (Å²) in [4.78, 5) is 11.9. The van der Waals surface area contributed by atoms with E-state index >= 15 is 0 Å². The van der Waals surface area contributed by atoms with E-state index in [1.165, 1.54) is 12.1 Å². The number of benzene rings is 1. The molecule has 2 N–H and O–H groups in total. The van der Waals surface area contributed by atoms with E-state index in [1.54, 1.807) is 12.1 Å². The van der Waals surface area contributed by atoms with Gasteiger partial charge in [0.15, 0.2) is 0 Å². The highest BCUT2D eigenvalue weighted by atomic mass is 19.1. The van der Waals surface area contributed by atoms with E-state index in [2.05, 4.69) is 16.7 Å². The van der Waals surface area contributed by atoms with E-state index in [1.807, 2.05) is 0 Å². The van der Waals surface area contributed by atoms with E-state index in [9.17, 15) is 14.4 Å². The Labute approximate surface area is 111 Å². The Bertz CT molecular complexity index is 504. The van der Waals surface area contributed by atoms with E-state index < -0.39 is 17.4 Å². The van der Waals surface area contributed by atoms with Crippen LogP contribution in [0.2, 0.25) is 0 Å². The van der Waals surface area contributed by atoms with Gasteiger partial charge in [-0.15, -0.1) is 0 Å². The standard InChI is InChI=1S/C14H16FN3O/c15-11-6-2-3-7-12(11)17-13(19)18-14(10-16)8-4-1-5-9-14/h2-3,6-7H,1,4-5,8-9H2,(H2,17,18,19). The fraction of sp³-hybridized carbons (Fsp3) is 0.429. The first-order valence-corrected chi connectivity index (χ1v) is 6.40. The fourth-order valence-corrected chi connectivity index (χ4v) is 2.35. The van der Waals surface area contributed by atoms with Crippen molar-refractivity contribution in [3.05, 3.63) is 30.1 Å². The number of hydrogen-bond donors (Lipinski definition) is 2. The Hall–Kier alpha value is -2.09. The molecule has 0 spiro atoms. The molecule has 0 unspecified atom stereocenters. The topological polar surface area (TPSA) is 64.9 Å². The average molecular weight is 261 g/mol. The molecule has 2 rings (SSSR count). The maximum atomic E-state index is 13.4. The molecule has 4 nitrogen and oxygen atoms in total. The van der Waals surface area contributed by atoms with E-state index in [0.29, 0.717) is 12.8 Å². The lowest BCUT2D eigenvalue weighted by molar-refractivity contribution is 0.233. The first kappa shape index (κ1) is 13.3. The molecule has 1 aliphatic carbocycles. The summed E-state index contributed by atoms with van der Waals surface area (Å²) in [5, 5.41) is 14.4. The van der Waals surface area contributed by atoms with Gasteiger partial charge in [-0.05, 0) is 25.0 Å². The van der Waals surface area contributed by atoms with Crippen molar-refractivity contribution >= 4 is 11.7 Å². The van der Waals surface area contributed by atoms with Gasteiger partial charge in [-0.1, -0.05) is 31.4 Å². The monoisotopic (exact) mass is 261 g/mol. The maximum Gasteiger partial charge on any atom is 0.320 e. The average Bonchev–Trinajstić information content (AvgIpc) is 2.42. The van der Waals surface area contributed by atoms with Gasteiger partial charge in [0.2, 0.25) is 0 Å². The third kappa shape index (κ3) is 3.22. The van der Waals surface area contributed by atoms with Crippen LogP contribution < -0.4 is 10.6 Å². The summed E-state index contributed by atoms with van der Waals surface area (Å²) >= 11 is 0. The molecule has 5 heteroatoms. The van der Waals surface area contributed by atoms with Crippen LogP contribution in [0.5, 0.6) is 0 Å². The molecule has 0 atom stereocenters. The molecule has 19 heavy (non-hydrogen) atoms. The van der Waals surface area contributed by atoms with Crippen molar-refractivity contribution in [1.82, 2.24) is 5.32 Å². The predicted octanol–water partition coefficient (Wildman–Crippen LogP) is 3.17. The number of halogens is 1. The summed E-state index contributed by atoms with van der Waals surface area (Å²) in [5.74, 6) is -0.493. The van der Waals surface area contributed by atoms with Crippen LogP contribution >= 0.6 is 0 Å². The second-order valence-electron chi connectivity index (χ2n) is 4.81. The molecular weight excluding hydrogens is 245 g/mol. The molecule has 1 aromatic rings. The molecule has 0 aromatic heterocycles. The lowest BCUT2D eigenvalue weighted by Gasteiger charge is -2.31. The summed E-state index contributed by atoms with van der Waals surface area (Å²) in [6, 6.07) is 7.59. The first-order valence-electron chi connectivity index (χ1n) is 6.40. The number of para-hydroxylation sites is 1. The Morgan fingerprint density at radius 1 is 1.26 bits per heavy atom. The number of nitriles is 1. The molecule has 1 aromatic carbocycles. The summed E-state index contributed by atoms with van der Waals surface area (Å²) in [6.07, 6.45) is 4.23. The summed E-state index contributed by atoms with van der Waals surface area (Å²) in [6.45, 7) is 0. The van der Waals surface area contributed by atoms with Crippen LogP contribution in [0, 0.1) is 17.1 Å². The Kier molecular flexibility index (Phi) is 4.00. The van der Waals surface area contributed by atoms with Crippen LogP contribution in [0.15, 0.2) is 24.3 Å². The second kappa shape index (κ2) is 5.70. The zero-order valence-electron chi connectivity index (χ0n) is 10.6. The molecule has 1 fully saturated rings. The van der Waals surface area contributed by atoms with Crippen molar-refractivity contribution in [2.24, 2.45) is 0 Å². The van der Waals surface area contributed by atoms with Gasteiger partial charge in [-0.3, -0.25) is 0 Å². The molecule has 0 heterocycles. The van der Waals surface area contributed by atoms with E-state index in [-0.39, 0.29) is 5.69 Å². The minimum absolute atomic E-state index is 0.115. The molecule has 0 saturated heterocycles. The molecule has 0 bridgehead atoms. The van der Waals surface area contributed by atoms with Gasteiger partial charge in [-0.25, -0.2) is 9.18 Å². The Morgan fingerprint density at radius 3 is 2.58 bits per heavy atom. The summed E-state index contributed by atoms with van der Waals surface area (Å²) < 4.78 is 13.4. The van der Waals surface area contributed by atoms with Crippen molar-refractivity contribution in [3.63, 3.8) is 0 Å². The van der Waals surface area contributed by atoms with E-state index in [4.69, 9.17) is 0 Å². The number of rotatable bonds is 2. The number of carbonyl (C=O) groups is 1. The highest BCUT2D eigenvalue weighted by Gasteiger charge is 2.33. The van der Waals surface area contributed by atoms with Gasteiger partial charge in [0.1, 0.15) is 11.4 Å². The van der Waals surface area contributed by atoms with Crippen molar-refractivity contribution in [2.45, 2.75) is 37.6 Å². The van der Waals surface area contributed by atoms with Gasteiger partial charge >= 0.3 is 6.03 Å². The smallest absolute Gasteiger partial charge is 0.319 e. The summed E-state index contributed by atoms with van der Waals surface area (Å²) in [7, 11) is 0. The zero-order valence-corrected chi connectivity index (χ0v) is 10.6. The third-order valence-electron chi connectivity index (χ3n) is 3.40. The van der Waals surface area contributed by atoms with Crippen LogP contribution in [0.3, 0.4) is 0 Å². The van der Waals surface area contributed by atoms with Gasteiger partial charge < -0.3 is 10.6 Å². The maximum absolute atomic E-state index is 13.4. The Morgan fingerprint density at radius 2 is 1.95 bits per heavy atom. The van der Waals surface area contributed by atoms with Gasteiger partial charge in [0.05, 0.1) is 11.8 Å². The summed E-state index contributed by atoms with van der Waals surface area (Å²) in [5.41, 5.74) is -0.697. The molecule has 1 aliphatic rings. The number of amides is 2. The lowest BCUT2D eigenvalue weighted by atomic mass is 9.83. The minimum atomic E-state index is -0.812. The SMILES string of the molecule is N#CC1(NC(=O)Nc2ccccc2F)CCCCC1. The van der Waals surface area contributed by atoms with Crippen molar-refractivity contribution in [2.75, 3.05) is 5.32 Å².